The third-order valence-corrected chi connectivity index (χ3v) is 4.06. The normalized spacial score (nSPS) is 35.1. The predicted octanol–water partition coefficient (Wildman–Crippen LogP) is 0.617. The van der Waals surface area contributed by atoms with E-state index in [0.29, 0.717) is 0 Å². The Bertz CT molecular complexity index is 274. The van der Waals surface area contributed by atoms with Crippen LogP contribution in [0.15, 0.2) is 0 Å². The van der Waals surface area contributed by atoms with E-state index in [9.17, 15) is 14.6 Å². The molecule has 5 heteroatoms. The summed E-state index contributed by atoms with van der Waals surface area (Å²) in [5, 5.41) is 12.1. The van der Waals surface area contributed by atoms with Gasteiger partial charge in [-0.3, -0.25) is 0 Å². The zero-order chi connectivity index (χ0) is 10.9. The Morgan fingerprint density at radius 2 is 2.20 bits per heavy atom. The van der Waals surface area contributed by atoms with Crippen molar-refractivity contribution >= 4 is 13.1 Å². The van der Waals surface area contributed by atoms with E-state index in [-0.39, 0.29) is 11.9 Å². The van der Waals surface area contributed by atoms with Crippen LogP contribution in [0.1, 0.15) is 32.1 Å². The second kappa shape index (κ2) is 4.04. The molecule has 2 bridgehead atoms. The number of aliphatic carboxylic acids is 1. The maximum absolute atomic E-state index is 11.2. The molecule has 15 heavy (non-hydrogen) atoms. The average Bonchev–Trinajstić information content (AvgIpc) is 2.78. The van der Waals surface area contributed by atoms with Crippen LogP contribution in [-0.2, 0) is 9.50 Å². The van der Waals surface area contributed by atoms with E-state index in [1.165, 1.54) is 0 Å². The topological polar surface area (TPSA) is 66.4 Å². The first-order valence-corrected chi connectivity index (χ1v) is 5.58. The number of hydrogen-bond acceptors (Lipinski definition) is 3. The maximum atomic E-state index is 11.2. The molecule has 0 unspecified atom stereocenters. The van der Waals surface area contributed by atoms with Gasteiger partial charge in [-0.05, 0) is 0 Å². The van der Waals surface area contributed by atoms with Gasteiger partial charge in [0.05, 0.1) is 0 Å². The zero-order valence-corrected chi connectivity index (χ0v) is 8.74. The monoisotopic (exact) mass is 209 g/mol. The van der Waals surface area contributed by atoms with Gasteiger partial charge in [-0.1, -0.05) is 0 Å². The van der Waals surface area contributed by atoms with Crippen molar-refractivity contribution in [2.45, 2.75) is 38.1 Å². The quantitative estimate of drug-likeness (QED) is 0.651. The molecule has 0 aromatic heterocycles. The third kappa shape index (κ3) is 1.85. The van der Waals surface area contributed by atoms with E-state index in [0.717, 1.165) is 45.2 Å². The van der Waals surface area contributed by atoms with Crippen LogP contribution in [-0.4, -0.2) is 30.7 Å². The van der Waals surface area contributed by atoms with Gasteiger partial charge in [0.1, 0.15) is 0 Å². The van der Waals surface area contributed by atoms with Crippen molar-refractivity contribution in [3.8, 4) is 0 Å². The van der Waals surface area contributed by atoms with Crippen molar-refractivity contribution < 1.29 is 14.6 Å². The van der Waals surface area contributed by atoms with Gasteiger partial charge in [-0.25, -0.2) is 0 Å². The summed E-state index contributed by atoms with van der Waals surface area (Å²) in [6, 6.07) is -0.532. The first kappa shape index (κ1) is 10.8. The molecule has 0 heterocycles. The second-order valence-corrected chi connectivity index (χ2v) is 4.86. The number of rotatable bonds is 5. The molecule has 82 valence electrons. The summed E-state index contributed by atoms with van der Waals surface area (Å²) < 4.78 is 10.3. The minimum absolute atomic E-state index is 0.0699. The third-order valence-electron chi connectivity index (χ3n) is 4.06. The molecule has 4 nitrogen and oxygen atoms in total. The molecule has 0 radical (unpaired) electrons. The van der Waals surface area contributed by atoms with Gasteiger partial charge in [0, 0.05) is 0 Å². The summed E-state index contributed by atoms with van der Waals surface area (Å²) in [6.07, 6.45) is 5.49. The molecular weight excluding hydrogens is 193 g/mol. The van der Waals surface area contributed by atoms with Crippen LogP contribution in [0.4, 0.5) is 0 Å². The standard InChI is InChI=1S/C10H16BNO3/c13-9(14)8(12-6-11-15)10-3-1-7(5-10)2-4-10/h7-8,12H,1-6H2,(H,13,14)/t7?,8-,10?/m1/s1. The van der Waals surface area contributed by atoms with Gasteiger partial charge in [-0.15, -0.1) is 0 Å². The molecule has 2 aliphatic carbocycles. The number of carboxylic acids is 1. The number of nitrogens with one attached hydrogen (secondary N) is 1. The first-order valence-electron chi connectivity index (χ1n) is 5.58. The van der Waals surface area contributed by atoms with Crippen molar-refractivity contribution in [3.05, 3.63) is 0 Å². The summed E-state index contributed by atoms with van der Waals surface area (Å²) in [5.74, 6) is -0.0794. The molecule has 2 N–H and O–H groups in total. The van der Waals surface area contributed by atoms with Crippen molar-refractivity contribution in [2.75, 3.05) is 6.44 Å². The number of fused-ring (bicyclic) bond motifs is 2. The molecular formula is C10H16BNO3. The van der Waals surface area contributed by atoms with Crippen molar-refractivity contribution in [2.24, 2.45) is 11.3 Å². The zero-order valence-electron chi connectivity index (χ0n) is 8.74. The number of carboxylic acid groups (broad SMARTS) is 1. The molecule has 0 aliphatic heterocycles. The Kier molecular flexibility index (Phi) is 2.91. The molecule has 2 fully saturated rings. The molecule has 0 amide bonds. The van der Waals surface area contributed by atoms with Crippen LogP contribution < -0.4 is 5.32 Å². The molecule has 0 saturated heterocycles. The first-order chi connectivity index (χ1) is 7.18. The molecule has 2 aliphatic rings. The molecule has 1 atom stereocenters. The van der Waals surface area contributed by atoms with Crippen LogP contribution in [0, 0.1) is 11.3 Å². The van der Waals surface area contributed by atoms with Gasteiger partial charge in [0.25, 0.3) is 0 Å². The van der Waals surface area contributed by atoms with E-state index in [4.69, 9.17) is 0 Å². The molecule has 2 saturated carbocycles. The second-order valence-electron chi connectivity index (χ2n) is 4.86. The molecule has 0 aromatic carbocycles. The van der Waals surface area contributed by atoms with Gasteiger partial charge < -0.3 is 0 Å². The molecule has 0 spiro atoms. The van der Waals surface area contributed by atoms with Crippen LogP contribution >= 0.6 is 0 Å². The molecule has 0 aromatic rings. The Balaban J connectivity index is 2.09. The Labute approximate surface area is 89.7 Å². The van der Waals surface area contributed by atoms with Crippen LogP contribution in [0.5, 0.6) is 0 Å². The van der Waals surface area contributed by atoms with E-state index >= 15 is 0 Å². The van der Waals surface area contributed by atoms with Gasteiger partial charge in [-0.2, -0.15) is 0 Å². The Morgan fingerprint density at radius 1 is 1.53 bits per heavy atom. The van der Waals surface area contributed by atoms with Crippen molar-refractivity contribution in [1.29, 1.82) is 0 Å². The summed E-state index contributed by atoms with van der Waals surface area (Å²) >= 11 is 0. The fourth-order valence-electron chi connectivity index (χ4n) is 3.37. The SMILES string of the molecule is O=BCN[C@H](C(=O)O)C12CCC(CC1)C2. The molecule has 2 rings (SSSR count). The van der Waals surface area contributed by atoms with Crippen LogP contribution in [0.3, 0.4) is 0 Å². The van der Waals surface area contributed by atoms with E-state index in [1.54, 1.807) is 0 Å². The number of carbonyl (C=O) groups is 1. The fourth-order valence-corrected chi connectivity index (χ4v) is 3.37. The summed E-state index contributed by atoms with van der Waals surface area (Å²) in [4.78, 5) is 11.2. The Hall–Kier alpha value is -0.705. The summed E-state index contributed by atoms with van der Waals surface area (Å²) in [6.45, 7) is 0. The van der Waals surface area contributed by atoms with Gasteiger partial charge in [0.15, 0.2) is 0 Å². The fraction of sp³-hybridized carbons (Fsp3) is 0.900. The average molecular weight is 209 g/mol. The van der Waals surface area contributed by atoms with E-state index in [1.807, 2.05) is 0 Å². The van der Waals surface area contributed by atoms with Gasteiger partial charge in [0.2, 0.25) is 0 Å². The Morgan fingerprint density at radius 3 is 2.60 bits per heavy atom. The van der Waals surface area contributed by atoms with Crippen molar-refractivity contribution in [1.82, 2.24) is 5.32 Å². The van der Waals surface area contributed by atoms with Gasteiger partial charge >= 0.3 is 89.0 Å². The van der Waals surface area contributed by atoms with E-state index < -0.39 is 12.0 Å². The van der Waals surface area contributed by atoms with Crippen molar-refractivity contribution in [3.63, 3.8) is 0 Å². The minimum atomic E-state index is -0.806. The van der Waals surface area contributed by atoms with E-state index in [2.05, 4.69) is 5.32 Å². The summed E-state index contributed by atoms with van der Waals surface area (Å²) in [7, 11) is 0.730. The van der Waals surface area contributed by atoms with Crippen LogP contribution in [0.25, 0.3) is 0 Å². The summed E-state index contributed by atoms with van der Waals surface area (Å²) in [5.41, 5.74) is -0.0699. The van der Waals surface area contributed by atoms with Crippen LogP contribution in [0.2, 0.25) is 0 Å². The predicted molar refractivity (Wildman–Crippen MR) is 54.9 cm³/mol. The number of hydrogen-bond donors (Lipinski definition) is 2.